The third-order valence-electron chi connectivity index (χ3n) is 4.23. The molecule has 0 saturated heterocycles. The Morgan fingerprint density at radius 3 is 2.32 bits per heavy atom. The van der Waals surface area contributed by atoms with Crippen LogP contribution in [0.2, 0.25) is 0 Å². The van der Waals surface area contributed by atoms with Crippen molar-refractivity contribution >= 4 is 28.5 Å². The molecule has 3 rings (SSSR count). The number of methoxy groups -OCH3 is 4. The first-order chi connectivity index (χ1) is 13.5. The maximum Gasteiger partial charge on any atom is 0.337 e. The summed E-state index contributed by atoms with van der Waals surface area (Å²) in [5.74, 6) is 0.608. The van der Waals surface area contributed by atoms with Crippen molar-refractivity contribution in [2.45, 2.75) is 0 Å². The molecule has 146 valence electrons. The van der Waals surface area contributed by atoms with E-state index in [1.54, 1.807) is 30.3 Å². The number of H-pyrrole nitrogens is 1. The third-order valence-corrected chi connectivity index (χ3v) is 4.23. The molecule has 0 spiro atoms. The zero-order valence-electron chi connectivity index (χ0n) is 15.9. The van der Waals surface area contributed by atoms with Crippen LogP contribution in [-0.2, 0) is 4.74 Å². The molecule has 2 N–H and O–H groups in total. The number of fused-ring (bicyclic) bond motifs is 1. The Balaban J connectivity index is 1.98. The number of rotatable bonds is 6. The fourth-order valence-corrected chi connectivity index (χ4v) is 2.90. The smallest absolute Gasteiger partial charge is 0.337 e. The zero-order valence-corrected chi connectivity index (χ0v) is 15.9. The van der Waals surface area contributed by atoms with Gasteiger partial charge in [-0.3, -0.25) is 4.79 Å². The molecule has 0 unspecified atom stereocenters. The molecule has 0 aliphatic rings. The molecule has 8 heteroatoms. The predicted molar refractivity (Wildman–Crippen MR) is 104 cm³/mol. The van der Waals surface area contributed by atoms with E-state index in [1.165, 1.54) is 34.5 Å². The summed E-state index contributed by atoms with van der Waals surface area (Å²) < 4.78 is 20.8. The quantitative estimate of drug-likeness (QED) is 0.633. The van der Waals surface area contributed by atoms with E-state index < -0.39 is 5.97 Å². The Hall–Kier alpha value is -3.68. The summed E-state index contributed by atoms with van der Waals surface area (Å²) in [6.07, 6.45) is 0. The third kappa shape index (κ3) is 3.44. The molecule has 0 aliphatic carbocycles. The van der Waals surface area contributed by atoms with Gasteiger partial charge >= 0.3 is 5.97 Å². The number of amides is 1. The lowest BCUT2D eigenvalue weighted by atomic mass is 10.2. The minimum atomic E-state index is -0.483. The molecule has 1 amide bonds. The van der Waals surface area contributed by atoms with Crippen molar-refractivity contribution in [3.63, 3.8) is 0 Å². The number of ether oxygens (including phenoxy) is 4. The molecule has 28 heavy (non-hydrogen) atoms. The first-order valence-electron chi connectivity index (χ1n) is 8.33. The fourth-order valence-electron chi connectivity index (χ4n) is 2.90. The maximum atomic E-state index is 12.7. The molecule has 1 aromatic heterocycles. The van der Waals surface area contributed by atoms with Crippen molar-refractivity contribution in [3.8, 4) is 17.2 Å². The normalized spacial score (nSPS) is 10.4. The van der Waals surface area contributed by atoms with E-state index in [4.69, 9.17) is 18.9 Å². The monoisotopic (exact) mass is 384 g/mol. The predicted octanol–water partition coefficient (Wildman–Crippen LogP) is 3.23. The molecule has 2 aromatic carbocycles. The van der Waals surface area contributed by atoms with Gasteiger partial charge in [0, 0.05) is 17.1 Å². The minimum Gasteiger partial charge on any atom is -0.496 e. The highest BCUT2D eigenvalue weighted by molar-refractivity contribution is 6.08. The SMILES string of the molecule is COC(=O)c1cccc(NC(=O)c2cc3c(OC)cc(OC)c(OC)c3[nH]2)c1. The van der Waals surface area contributed by atoms with E-state index in [-0.39, 0.29) is 5.91 Å². The lowest BCUT2D eigenvalue weighted by molar-refractivity contribution is 0.0600. The van der Waals surface area contributed by atoms with Crippen LogP contribution >= 0.6 is 0 Å². The molecule has 0 aliphatic heterocycles. The van der Waals surface area contributed by atoms with Crippen LogP contribution < -0.4 is 19.5 Å². The molecule has 8 nitrogen and oxygen atoms in total. The highest BCUT2D eigenvalue weighted by Gasteiger charge is 2.19. The second-order valence-electron chi connectivity index (χ2n) is 5.81. The van der Waals surface area contributed by atoms with E-state index in [9.17, 15) is 9.59 Å². The van der Waals surface area contributed by atoms with Gasteiger partial charge in [0.2, 0.25) is 0 Å². The lowest BCUT2D eigenvalue weighted by Gasteiger charge is -2.11. The van der Waals surface area contributed by atoms with Crippen molar-refractivity contribution in [1.82, 2.24) is 4.98 Å². The van der Waals surface area contributed by atoms with Gasteiger partial charge in [0.1, 0.15) is 11.4 Å². The number of carbonyl (C=O) groups is 2. The van der Waals surface area contributed by atoms with Gasteiger partial charge in [-0.1, -0.05) is 6.07 Å². The Morgan fingerprint density at radius 1 is 0.929 bits per heavy atom. The molecule has 1 heterocycles. The van der Waals surface area contributed by atoms with Gasteiger partial charge in [-0.25, -0.2) is 4.79 Å². The Kier molecular flexibility index (Phi) is 5.39. The summed E-state index contributed by atoms with van der Waals surface area (Å²) in [4.78, 5) is 27.4. The molecular weight excluding hydrogens is 364 g/mol. The van der Waals surface area contributed by atoms with E-state index in [0.29, 0.717) is 45.1 Å². The average Bonchev–Trinajstić information content (AvgIpc) is 3.17. The first kappa shape index (κ1) is 19.1. The van der Waals surface area contributed by atoms with E-state index in [2.05, 4.69) is 10.3 Å². The van der Waals surface area contributed by atoms with E-state index in [1.807, 2.05) is 0 Å². The molecule has 0 fully saturated rings. The molecule has 0 saturated carbocycles. The highest BCUT2D eigenvalue weighted by atomic mass is 16.5. The van der Waals surface area contributed by atoms with Crippen molar-refractivity contribution in [2.24, 2.45) is 0 Å². The van der Waals surface area contributed by atoms with E-state index >= 15 is 0 Å². The molecular formula is C20H20N2O6. The summed E-state index contributed by atoms with van der Waals surface area (Å²) in [6, 6.07) is 9.83. The number of hydrogen-bond acceptors (Lipinski definition) is 6. The Morgan fingerprint density at radius 2 is 1.68 bits per heavy atom. The lowest BCUT2D eigenvalue weighted by Crippen LogP contribution is -2.13. The standard InChI is InChI=1S/C20H20N2O6/c1-25-15-10-16(26-2)18(27-3)17-13(15)9-14(22-17)19(23)21-12-7-5-6-11(8-12)20(24)28-4/h5-10,22H,1-4H3,(H,21,23). The zero-order chi connectivity index (χ0) is 20.3. The van der Waals surface area contributed by atoms with Gasteiger partial charge in [-0.2, -0.15) is 0 Å². The van der Waals surface area contributed by atoms with Gasteiger partial charge in [0.05, 0.1) is 39.5 Å². The number of carbonyl (C=O) groups excluding carboxylic acids is 2. The summed E-state index contributed by atoms with van der Waals surface area (Å²) >= 11 is 0. The van der Waals surface area contributed by atoms with Crippen LogP contribution in [0.4, 0.5) is 5.69 Å². The summed E-state index contributed by atoms with van der Waals surface area (Å²) in [5, 5.41) is 3.43. The number of benzene rings is 2. The number of esters is 1. The number of aromatic nitrogens is 1. The summed E-state index contributed by atoms with van der Waals surface area (Å²) in [6.45, 7) is 0. The van der Waals surface area contributed by atoms with Gasteiger partial charge in [0.15, 0.2) is 11.5 Å². The summed E-state index contributed by atoms with van der Waals surface area (Å²) in [7, 11) is 5.87. The van der Waals surface area contributed by atoms with Crippen LogP contribution in [0.15, 0.2) is 36.4 Å². The maximum absolute atomic E-state index is 12.7. The average molecular weight is 384 g/mol. The number of nitrogens with one attached hydrogen (secondary N) is 2. The highest BCUT2D eigenvalue weighted by Crippen LogP contribution is 2.41. The Labute approximate surface area is 161 Å². The van der Waals surface area contributed by atoms with Crippen LogP contribution in [-0.4, -0.2) is 45.3 Å². The van der Waals surface area contributed by atoms with Crippen molar-refractivity contribution in [3.05, 3.63) is 47.7 Å². The van der Waals surface area contributed by atoms with Gasteiger partial charge in [0.25, 0.3) is 5.91 Å². The molecule has 0 atom stereocenters. The molecule has 0 bridgehead atoms. The van der Waals surface area contributed by atoms with Crippen LogP contribution in [0.25, 0.3) is 10.9 Å². The number of anilines is 1. The first-order valence-corrected chi connectivity index (χ1v) is 8.33. The van der Waals surface area contributed by atoms with Crippen LogP contribution in [0.5, 0.6) is 17.2 Å². The van der Waals surface area contributed by atoms with Crippen LogP contribution in [0.1, 0.15) is 20.8 Å². The second-order valence-corrected chi connectivity index (χ2v) is 5.81. The van der Waals surface area contributed by atoms with Gasteiger partial charge in [-0.05, 0) is 24.3 Å². The van der Waals surface area contributed by atoms with Crippen LogP contribution in [0, 0.1) is 0 Å². The number of hydrogen-bond donors (Lipinski definition) is 2. The summed E-state index contributed by atoms with van der Waals surface area (Å²) in [5.41, 5.74) is 1.67. The van der Waals surface area contributed by atoms with Crippen molar-refractivity contribution in [2.75, 3.05) is 33.8 Å². The fraction of sp³-hybridized carbons (Fsp3) is 0.200. The molecule has 0 radical (unpaired) electrons. The minimum absolute atomic E-state index is 0.295. The van der Waals surface area contributed by atoms with Gasteiger partial charge in [-0.15, -0.1) is 0 Å². The number of aromatic amines is 1. The topological polar surface area (TPSA) is 98.9 Å². The van der Waals surface area contributed by atoms with Gasteiger partial charge < -0.3 is 29.2 Å². The largest absolute Gasteiger partial charge is 0.496 e. The second kappa shape index (κ2) is 7.91. The van der Waals surface area contributed by atoms with E-state index in [0.717, 1.165) is 0 Å². The van der Waals surface area contributed by atoms with Crippen molar-refractivity contribution < 1.29 is 28.5 Å². The van der Waals surface area contributed by atoms with Crippen molar-refractivity contribution in [1.29, 1.82) is 0 Å². The van der Waals surface area contributed by atoms with Crippen LogP contribution in [0.3, 0.4) is 0 Å². The Bertz CT molecular complexity index is 1040. The molecule has 3 aromatic rings.